The summed E-state index contributed by atoms with van der Waals surface area (Å²) in [6, 6.07) is 5.70. The molecule has 0 aliphatic carbocycles. The summed E-state index contributed by atoms with van der Waals surface area (Å²) in [7, 11) is 0. The first-order valence-electron chi connectivity index (χ1n) is 7.55. The number of carbonyl (C=O) groups excluding carboxylic acids is 1. The van der Waals surface area contributed by atoms with Crippen LogP contribution in [-0.2, 0) is 11.3 Å². The van der Waals surface area contributed by atoms with Crippen molar-refractivity contribution in [1.29, 1.82) is 0 Å². The number of nitrogens with zero attached hydrogens (tertiary/aromatic N) is 3. The maximum atomic E-state index is 13.5. The first-order valence-corrected chi connectivity index (χ1v) is 8.34. The van der Waals surface area contributed by atoms with E-state index in [0.29, 0.717) is 24.8 Å². The fraction of sp³-hybridized carbons (Fsp3) is 0.375. The van der Waals surface area contributed by atoms with Gasteiger partial charge in [-0.1, -0.05) is 15.9 Å². The van der Waals surface area contributed by atoms with Gasteiger partial charge in [-0.05, 0) is 25.1 Å². The van der Waals surface area contributed by atoms with Crippen LogP contribution in [0.2, 0.25) is 0 Å². The van der Waals surface area contributed by atoms with Gasteiger partial charge in [0.15, 0.2) is 5.82 Å². The van der Waals surface area contributed by atoms with Gasteiger partial charge in [0.05, 0.1) is 12.1 Å². The monoisotopic (exact) mass is 395 g/mol. The van der Waals surface area contributed by atoms with Gasteiger partial charge in [-0.3, -0.25) is 0 Å². The summed E-state index contributed by atoms with van der Waals surface area (Å²) >= 11 is 3.43. The molecular weight excluding hydrogens is 381 g/mol. The zero-order valence-electron chi connectivity index (χ0n) is 13.0. The number of cyclic esters (lactones) is 1. The third-order valence-electron chi connectivity index (χ3n) is 4.28. The Morgan fingerprint density at radius 2 is 2.25 bits per heavy atom. The fourth-order valence-electron chi connectivity index (χ4n) is 2.98. The highest BCUT2D eigenvalue weighted by Crippen LogP contribution is 2.37. The van der Waals surface area contributed by atoms with Gasteiger partial charge in [0.25, 0.3) is 0 Å². The van der Waals surface area contributed by atoms with Crippen LogP contribution in [0.15, 0.2) is 28.9 Å². The van der Waals surface area contributed by atoms with Crippen LogP contribution in [0.25, 0.3) is 11.4 Å². The summed E-state index contributed by atoms with van der Waals surface area (Å²) in [6.45, 7) is 2.03. The fourth-order valence-corrected chi connectivity index (χ4v) is 3.32. The van der Waals surface area contributed by atoms with Gasteiger partial charge in [0, 0.05) is 10.7 Å². The molecule has 1 amide bonds. The summed E-state index contributed by atoms with van der Waals surface area (Å²) < 4.78 is 27.1. The molecule has 0 unspecified atom stereocenters. The minimum absolute atomic E-state index is 0.0111. The van der Waals surface area contributed by atoms with Crippen LogP contribution in [0.3, 0.4) is 0 Å². The Morgan fingerprint density at radius 1 is 1.42 bits per heavy atom. The molecular formula is C16H15BrFN3O3. The Balaban J connectivity index is 1.82. The van der Waals surface area contributed by atoms with Crippen molar-refractivity contribution in [3.63, 3.8) is 0 Å². The molecule has 1 fully saturated rings. The minimum atomic E-state index is -1.03. The van der Waals surface area contributed by atoms with Crippen molar-refractivity contribution in [3.05, 3.63) is 28.9 Å². The van der Waals surface area contributed by atoms with Crippen molar-refractivity contribution in [1.82, 2.24) is 9.55 Å². The number of aromatic nitrogens is 2. The number of ether oxygens (including phenoxy) is 2. The molecule has 4 rings (SSSR count). The number of anilines is 1. The van der Waals surface area contributed by atoms with E-state index in [-0.39, 0.29) is 6.61 Å². The van der Waals surface area contributed by atoms with Crippen molar-refractivity contribution in [2.24, 2.45) is 0 Å². The molecule has 0 N–H and O–H groups in total. The van der Waals surface area contributed by atoms with Gasteiger partial charge in [-0.2, -0.15) is 0 Å². The average molecular weight is 396 g/mol. The number of alkyl halides is 1. The zero-order valence-corrected chi connectivity index (χ0v) is 14.5. The van der Waals surface area contributed by atoms with Crippen molar-refractivity contribution in [2.75, 3.05) is 24.8 Å². The predicted octanol–water partition coefficient (Wildman–Crippen LogP) is 3.39. The first-order chi connectivity index (χ1) is 11.5. The molecule has 0 bridgehead atoms. The molecule has 8 heteroatoms. The number of hydrogen-bond donors (Lipinski definition) is 0. The lowest BCUT2D eigenvalue weighted by atomic mass is 10.1. The first kappa shape index (κ1) is 15.4. The van der Waals surface area contributed by atoms with Crippen molar-refractivity contribution < 1.29 is 18.7 Å². The molecule has 3 heterocycles. The van der Waals surface area contributed by atoms with E-state index in [9.17, 15) is 9.18 Å². The highest BCUT2D eigenvalue weighted by atomic mass is 79.9. The Hall–Kier alpha value is -2.09. The van der Waals surface area contributed by atoms with E-state index in [4.69, 9.17) is 9.47 Å². The molecule has 126 valence electrons. The van der Waals surface area contributed by atoms with Crippen LogP contribution in [0, 0.1) is 0 Å². The topological polar surface area (TPSA) is 56.6 Å². The van der Waals surface area contributed by atoms with Crippen LogP contribution in [0.4, 0.5) is 15.0 Å². The van der Waals surface area contributed by atoms with E-state index < -0.39 is 18.3 Å². The molecule has 2 aliphatic rings. The Labute approximate surface area is 146 Å². The lowest BCUT2D eigenvalue weighted by Crippen LogP contribution is -2.47. The number of imidazole rings is 1. The smallest absolute Gasteiger partial charge is 0.416 e. The maximum Gasteiger partial charge on any atom is 0.416 e. The molecule has 1 saturated heterocycles. The Morgan fingerprint density at radius 3 is 3.04 bits per heavy atom. The maximum absolute atomic E-state index is 13.5. The van der Waals surface area contributed by atoms with Gasteiger partial charge in [-0.25, -0.2) is 19.1 Å². The summed E-state index contributed by atoms with van der Waals surface area (Å²) in [4.78, 5) is 18.0. The second-order valence-electron chi connectivity index (χ2n) is 6.13. The number of fused-ring (bicyclic) bond motifs is 3. The average Bonchev–Trinajstić information content (AvgIpc) is 3.04. The van der Waals surface area contributed by atoms with Gasteiger partial charge in [0.1, 0.15) is 37.0 Å². The molecule has 0 saturated carbocycles. The molecule has 1 aromatic carbocycles. The van der Waals surface area contributed by atoms with E-state index in [1.165, 1.54) is 4.90 Å². The Bertz CT molecular complexity index is 825. The van der Waals surface area contributed by atoms with Crippen LogP contribution >= 0.6 is 15.9 Å². The number of carbonyl (C=O) groups is 1. The van der Waals surface area contributed by atoms with E-state index >= 15 is 0 Å². The summed E-state index contributed by atoms with van der Waals surface area (Å²) in [5, 5.41) is 0. The van der Waals surface area contributed by atoms with Crippen LogP contribution in [-0.4, -0.2) is 41.1 Å². The Kier molecular flexibility index (Phi) is 3.52. The number of halogens is 2. The van der Waals surface area contributed by atoms with Crippen LogP contribution in [0.1, 0.15) is 6.92 Å². The second-order valence-corrected chi connectivity index (χ2v) is 7.04. The zero-order chi connectivity index (χ0) is 16.9. The minimum Gasteiger partial charge on any atom is -0.491 e. The molecule has 1 aromatic heterocycles. The number of rotatable bonds is 2. The van der Waals surface area contributed by atoms with Crippen molar-refractivity contribution >= 4 is 27.8 Å². The largest absolute Gasteiger partial charge is 0.491 e. The van der Waals surface area contributed by atoms with Crippen LogP contribution < -0.4 is 9.64 Å². The molecule has 2 aromatic rings. The lowest BCUT2D eigenvalue weighted by Gasteiger charge is -2.26. The van der Waals surface area contributed by atoms with Gasteiger partial charge in [-0.15, -0.1) is 0 Å². The molecule has 1 atom stereocenters. The van der Waals surface area contributed by atoms with E-state index in [1.807, 2.05) is 22.8 Å². The van der Waals surface area contributed by atoms with Gasteiger partial charge < -0.3 is 14.0 Å². The molecule has 24 heavy (non-hydrogen) atoms. The van der Waals surface area contributed by atoms with Crippen LogP contribution in [0.5, 0.6) is 5.75 Å². The van der Waals surface area contributed by atoms with E-state index in [0.717, 1.165) is 15.8 Å². The lowest BCUT2D eigenvalue weighted by molar-refractivity contribution is 0.170. The number of hydrogen-bond acceptors (Lipinski definition) is 4. The predicted molar refractivity (Wildman–Crippen MR) is 89.1 cm³/mol. The van der Waals surface area contributed by atoms with E-state index in [1.54, 1.807) is 13.1 Å². The summed E-state index contributed by atoms with van der Waals surface area (Å²) in [5.74, 6) is 1.80. The van der Waals surface area contributed by atoms with Gasteiger partial charge >= 0.3 is 6.09 Å². The molecule has 2 aliphatic heterocycles. The third kappa shape index (κ3) is 2.28. The summed E-state index contributed by atoms with van der Waals surface area (Å²) in [6.07, 6.45) is 1.17. The molecule has 0 radical (unpaired) electrons. The summed E-state index contributed by atoms with van der Waals surface area (Å²) in [5.41, 5.74) is -0.201. The number of amides is 1. The normalized spacial score (nSPS) is 22.5. The SMILES string of the molecule is C[C@]1(CF)COC(=O)N1c1cn2c(n1)-c1ccc(Br)cc1OCC2. The van der Waals surface area contributed by atoms with Gasteiger partial charge in [0.2, 0.25) is 0 Å². The molecule has 6 nitrogen and oxygen atoms in total. The highest BCUT2D eigenvalue weighted by molar-refractivity contribution is 9.10. The number of benzene rings is 1. The quantitative estimate of drug-likeness (QED) is 0.781. The highest BCUT2D eigenvalue weighted by Gasteiger charge is 2.46. The van der Waals surface area contributed by atoms with Crippen molar-refractivity contribution in [3.8, 4) is 17.1 Å². The third-order valence-corrected chi connectivity index (χ3v) is 4.78. The van der Waals surface area contributed by atoms with E-state index in [2.05, 4.69) is 20.9 Å². The standard InChI is InChI=1S/C16H15BrFN3O3/c1-16(8-18)9-24-15(22)21(16)13-7-20-4-5-23-12-6-10(17)2-3-11(12)14(20)19-13/h2-3,6-7H,4-5,8-9H2,1H3/t16-/m0/s1. The molecule has 0 spiro atoms. The van der Waals surface area contributed by atoms with Crippen molar-refractivity contribution in [2.45, 2.75) is 19.0 Å². The second kappa shape index (κ2) is 5.47.